The number of halogens is 4. The molecule has 1 nitrogen and oxygen atoms in total. The average Bonchev–Trinajstić information content (AvgIpc) is 2.61. The first-order valence-corrected chi connectivity index (χ1v) is 7.01. The Kier molecular flexibility index (Phi) is 4.10. The first kappa shape index (κ1) is 13.3. The van der Waals surface area contributed by atoms with Gasteiger partial charge in [0.2, 0.25) is 0 Å². The van der Waals surface area contributed by atoms with E-state index in [9.17, 15) is 4.39 Å². The van der Waals surface area contributed by atoms with Gasteiger partial charge in [-0.3, -0.25) is 0 Å². The first-order chi connectivity index (χ1) is 8.00. The minimum atomic E-state index is -0.503. The van der Waals surface area contributed by atoms with Gasteiger partial charge in [-0.1, -0.05) is 35.3 Å². The smallest absolute Gasteiger partial charge is 0.137 e. The lowest BCUT2D eigenvalue weighted by atomic mass is 10.0. The minimum absolute atomic E-state index is 0.351. The average molecular weight is 355 g/mol. The van der Waals surface area contributed by atoms with Crippen LogP contribution in [0.4, 0.5) is 4.39 Å². The molecule has 2 aromatic rings. The van der Waals surface area contributed by atoms with Crippen LogP contribution in [0, 0.1) is 5.82 Å². The quantitative estimate of drug-likeness (QED) is 0.806. The van der Waals surface area contributed by atoms with E-state index < -0.39 is 6.04 Å². The molecule has 0 aliphatic heterocycles. The third-order valence-corrected chi connectivity index (χ3v) is 4.69. The van der Waals surface area contributed by atoms with Crippen LogP contribution in [-0.2, 0) is 0 Å². The standard InChI is InChI=1S/C11H7BrCl2FNS/c12-9-5(2-1-3-7(9)15)10(16)6-4-8(13)17-11(6)14/h1-4,10H,16H2. The van der Waals surface area contributed by atoms with Gasteiger partial charge in [-0.15, -0.1) is 11.3 Å². The van der Waals surface area contributed by atoms with Crippen molar-refractivity contribution in [2.24, 2.45) is 5.73 Å². The molecule has 2 rings (SSSR count). The first-order valence-electron chi connectivity index (χ1n) is 4.65. The second-order valence-electron chi connectivity index (χ2n) is 3.40. The van der Waals surface area contributed by atoms with E-state index in [2.05, 4.69) is 15.9 Å². The number of hydrogen-bond donors (Lipinski definition) is 1. The molecule has 0 aliphatic rings. The Morgan fingerprint density at radius 3 is 2.59 bits per heavy atom. The van der Waals surface area contributed by atoms with E-state index in [-0.39, 0.29) is 5.82 Å². The van der Waals surface area contributed by atoms with Crippen LogP contribution in [0.15, 0.2) is 28.7 Å². The van der Waals surface area contributed by atoms with Gasteiger partial charge in [-0.25, -0.2) is 4.39 Å². The topological polar surface area (TPSA) is 26.0 Å². The molecule has 90 valence electrons. The molecule has 0 amide bonds. The Morgan fingerprint density at radius 2 is 2.00 bits per heavy atom. The molecule has 0 spiro atoms. The summed E-state index contributed by atoms with van der Waals surface area (Å²) in [6, 6.07) is 5.92. The monoisotopic (exact) mass is 353 g/mol. The predicted octanol–water partition coefficient (Wildman–Crippen LogP) is 5.00. The molecule has 0 radical (unpaired) electrons. The van der Waals surface area contributed by atoms with Gasteiger partial charge < -0.3 is 5.73 Å². The molecule has 17 heavy (non-hydrogen) atoms. The van der Waals surface area contributed by atoms with Crippen LogP contribution >= 0.6 is 50.5 Å². The van der Waals surface area contributed by atoms with Gasteiger partial charge in [0.05, 0.1) is 19.2 Å². The maximum absolute atomic E-state index is 13.4. The SMILES string of the molecule is NC(c1cc(Cl)sc1Cl)c1cccc(F)c1Br. The van der Waals surface area contributed by atoms with Crippen molar-refractivity contribution in [2.75, 3.05) is 0 Å². The molecular formula is C11H7BrCl2FNS. The molecule has 0 saturated heterocycles. The van der Waals surface area contributed by atoms with Gasteiger partial charge in [0.15, 0.2) is 0 Å². The van der Waals surface area contributed by atoms with E-state index in [1.165, 1.54) is 17.4 Å². The molecule has 0 fully saturated rings. The summed E-state index contributed by atoms with van der Waals surface area (Å²) in [5.41, 5.74) is 7.41. The fraction of sp³-hybridized carbons (Fsp3) is 0.0909. The highest BCUT2D eigenvalue weighted by molar-refractivity contribution is 9.10. The summed E-state index contributed by atoms with van der Waals surface area (Å²) in [5, 5.41) is 0. The zero-order valence-electron chi connectivity index (χ0n) is 8.38. The third kappa shape index (κ3) is 2.66. The van der Waals surface area contributed by atoms with Crippen molar-refractivity contribution in [3.05, 3.63) is 54.4 Å². The Balaban J connectivity index is 2.47. The summed E-state index contributed by atoms with van der Waals surface area (Å²) >= 11 is 16.3. The van der Waals surface area contributed by atoms with E-state index in [1.54, 1.807) is 18.2 Å². The zero-order chi connectivity index (χ0) is 12.6. The molecule has 1 unspecified atom stereocenters. The van der Waals surface area contributed by atoms with Gasteiger partial charge in [0.1, 0.15) is 5.82 Å². The highest BCUT2D eigenvalue weighted by Crippen LogP contribution is 2.38. The van der Waals surface area contributed by atoms with Crippen LogP contribution in [0.3, 0.4) is 0 Å². The fourth-order valence-electron chi connectivity index (χ4n) is 1.49. The predicted molar refractivity (Wildman–Crippen MR) is 74.5 cm³/mol. The Bertz CT molecular complexity index is 558. The molecule has 1 aromatic heterocycles. The number of nitrogens with two attached hydrogens (primary N) is 1. The molecular weight excluding hydrogens is 348 g/mol. The second kappa shape index (κ2) is 5.24. The van der Waals surface area contributed by atoms with Gasteiger partial charge in [0.25, 0.3) is 0 Å². The number of rotatable bonds is 2. The summed E-state index contributed by atoms with van der Waals surface area (Å²) in [6.45, 7) is 0. The molecule has 2 N–H and O–H groups in total. The lowest BCUT2D eigenvalue weighted by molar-refractivity contribution is 0.616. The van der Waals surface area contributed by atoms with Crippen LogP contribution in [0.25, 0.3) is 0 Å². The van der Waals surface area contributed by atoms with Crippen molar-refractivity contribution < 1.29 is 4.39 Å². The highest BCUT2D eigenvalue weighted by atomic mass is 79.9. The van der Waals surface area contributed by atoms with Crippen LogP contribution in [0.1, 0.15) is 17.2 Å². The Labute approximate surface area is 120 Å². The fourth-order valence-corrected chi connectivity index (χ4v) is 3.55. The van der Waals surface area contributed by atoms with Crippen LogP contribution in [-0.4, -0.2) is 0 Å². The van der Waals surface area contributed by atoms with Crippen molar-refractivity contribution in [3.8, 4) is 0 Å². The van der Waals surface area contributed by atoms with Gasteiger partial charge in [-0.05, 0) is 33.6 Å². The molecule has 0 aliphatic carbocycles. The number of thiophene rings is 1. The van der Waals surface area contributed by atoms with Crippen molar-refractivity contribution in [1.82, 2.24) is 0 Å². The van der Waals surface area contributed by atoms with Crippen molar-refractivity contribution in [3.63, 3.8) is 0 Å². The lowest BCUT2D eigenvalue weighted by Gasteiger charge is -2.13. The van der Waals surface area contributed by atoms with Crippen LogP contribution in [0.5, 0.6) is 0 Å². The molecule has 0 bridgehead atoms. The van der Waals surface area contributed by atoms with Crippen molar-refractivity contribution in [1.29, 1.82) is 0 Å². The lowest BCUT2D eigenvalue weighted by Crippen LogP contribution is -2.12. The zero-order valence-corrected chi connectivity index (χ0v) is 12.3. The maximum Gasteiger partial charge on any atom is 0.137 e. The molecule has 1 atom stereocenters. The third-order valence-electron chi connectivity index (χ3n) is 2.33. The van der Waals surface area contributed by atoms with Gasteiger partial charge in [0, 0.05) is 5.56 Å². The van der Waals surface area contributed by atoms with Crippen molar-refractivity contribution in [2.45, 2.75) is 6.04 Å². The summed E-state index contributed by atoms with van der Waals surface area (Å²) in [4.78, 5) is 0. The van der Waals surface area contributed by atoms with Crippen LogP contribution < -0.4 is 5.73 Å². The molecule has 1 aromatic carbocycles. The van der Waals surface area contributed by atoms with Gasteiger partial charge in [-0.2, -0.15) is 0 Å². The van der Waals surface area contributed by atoms with E-state index in [1.807, 2.05) is 0 Å². The summed E-state index contributed by atoms with van der Waals surface area (Å²) in [7, 11) is 0. The molecule has 0 saturated carbocycles. The highest BCUT2D eigenvalue weighted by Gasteiger charge is 2.19. The second-order valence-corrected chi connectivity index (χ2v) is 6.48. The summed E-state index contributed by atoms with van der Waals surface area (Å²) in [5.74, 6) is -0.351. The largest absolute Gasteiger partial charge is 0.320 e. The van der Waals surface area contributed by atoms with Crippen LogP contribution in [0.2, 0.25) is 8.67 Å². The summed E-state index contributed by atoms with van der Waals surface area (Å²) < 4.78 is 14.8. The summed E-state index contributed by atoms with van der Waals surface area (Å²) in [6.07, 6.45) is 0. The van der Waals surface area contributed by atoms with E-state index in [4.69, 9.17) is 28.9 Å². The number of hydrogen-bond acceptors (Lipinski definition) is 2. The maximum atomic E-state index is 13.4. The number of benzene rings is 1. The minimum Gasteiger partial charge on any atom is -0.320 e. The Hall–Kier alpha value is -0.130. The molecule has 6 heteroatoms. The van der Waals surface area contributed by atoms with Gasteiger partial charge >= 0.3 is 0 Å². The van der Waals surface area contributed by atoms with E-state index in [0.717, 1.165) is 0 Å². The Morgan fingerprint density at radius 1 is 1.29 bits per heavy atom. The van der Waals surface area contributed by atoms with E-state index in [0.29, 0.717) is 24.3 Å². The van der Waals surface area contributed by atoms with Crippen molar-refractivity contribution >= 4 is 50.5 Å². The molecule has 1 heterocycles. The van der Waals surface area contributed by atoms with E-state index >= 15 is 0 Å². The normalized spacial score (nSPS) is 12.8.